The molecule has 1 aromatic heterocycles. The van der Waals surface area contributed by atoms with Gasteiger partial charge in [0.1, 0.15) is 11.3 Å². The first-order valence-electron chi connectivity index (χ1n) is 3.97. The van der Waals surface area contributed by atoms with Crippen molar-refractivity contribution in [2.75, 3.05) is 0 Å². The van der Waals surface area contributed by atoms with Crippen molar-refractivity contribution >= 4 is 16.7 Å². The number of hydrogen-bond donors (Lipinski definition) is 2. The van der Waals surface area contributed by atoms with Gasteiger partial charge in [0.25, 0.3) is 0 Å². The van der Waals surface area contributed by atoms with Gasteiger partial charge in [0.2, 0.25) is 11.1 Å². The van der Waals surface area contributed by atoms with Crippen LogP contribution in [0.25, 0.3) is 15.9 Å². The van der Waals surface area contributed by atoms with Crippen LogP contribution in [0.4, 0.5) is 5.69 Å². The zero-order chi connectivity index (χ0) is 11.0. The fraction of sp³-hybridized carbons (Fsp3) is 0. The summed E-state index contributed by atoms with van der Waals surface area (Å²) in [6.45, 7) is 0. The van der Waals surface area contributed by atoms with Gasteiger partial charge in [-0.3, -0.25) is 0 Å². The molecule has 15 heavy (non-hydrogen) atoms. The Morgan fingerprint density at radius 1 is 1.33 bits per heavy atom. The molecule has 0 radical (unpaired) electrons. The molecule has 2 rings (SSSR count). The van der Waals surface area contributed by atoms with Crippen LogP contribution < -0.4 is 5.63 Å². The van der Waals surface area contributed by atoms with Crippen molar-refractivity contribution < 1.29 is 14.6 Å². The molecule has 0 saturated heterocycles. The van der Waals surface area contributed by atoms with Crippen LogP contribution in [-0.2, 0) is 0 Å². The second kappa shape index (κ2) is 2.99. The Hall–Kier alpha value is -2.55. The third kappa shape index (κ3) is 1.26. The fourth-order valence-corrected chi connectivity index (χ4v) is 1.25. The fourth-order valence-electron chi connectivity index (χ4n) is 1.25. The van der Waals surface area contributed by atoms with Crippen molar-refractivity contribution in [3.8, 4) is 11.5 Å². The molecule has 2 aromatic rings. The summed E-state index contributed by atoms with van der Waals surface area (Å²) in [5, 5.41) is 27.3. The highest BCUT2D eigenvalue weighted by atomic mass is 16.4. The maximum atomic E-state index is 11.1. The molecule has 1 aromatic carbocycles. The van der Waals surface area contributed by atoms with Crippen LogP contribution in [-0.4, -0.2) is 10.2 Å². The average molecular weight is 205 g/mol. The maximum Gasteiger partial charge on any atom is 0.510 e. The normalized spacial score (nSPS) is 10.1. The van der Waals surface area contributed by atoms with Gasteiger partial charge in [-0.05, 0) is 12.1 Å². The van der Waals surface area contributed by atoms with Gasteiger partial charge in [0, 0.05) is 6.07 Å². The van der Waals surface area contributed by atoms with Crippen LogP contribution in [0.2, 0.25) is 0 Å². The number of aromatic hydroxyl groups is 2. The molecule has 0 atom stereocenters. The van der Waals surface area contributed by atoms with Gasteiger partial charge in [0.15, 0.2) is 4.98 Å². The molecule has 6 nitrogen and oxygen atoms in total. The molecule has 0 bridgehead atoms. The largest absolute Gasteiger partial charge is 0.510 e. The zero-order valence-corrected chi connectivity index (χ0v) is 7.34. The summed E-state index contributed by atoms with van der Waals surface area (Å²) in [6, 6.07) is 3.83. The predicted octanol–water partition coefficient (Wildman–Crippen LogP) is 1.69. The zero-order valence-electron chi connectivity index (χ0n) is 7.34. The van der Waals surface area contributed by atoms with E-state index in [1.165, 1.54) is 18.2 Å². The number of phenols is 1. The Morgan fingerprint density at radius 3 is 2.73 bits per heavy atom. The number of benzene rings is 1. The Balaban J connectivity index is 2.99. The van der Waals surface area contributed by atoms with E-state index >= 15 is 0 Å². The third-order valence-corrected chi connectivity index (χ3v) is 1.94. The molecule has 0 unspecified atom stereocenters. The molecule has 0 aliphatic rings. The SMILES string of the molecule is N#[N+]c1c(O)c2ccc(O)cc2oc1=O. The van der Waals surface area contributed by atoms with Crippen molar-refractivity contribution in [2.24, 2.45) is 0 Å². The lowest BCUT2D eigenvalue weighted by atomic mass is 10.2. The minimum atomic E-state index is -0.979. The minimum Gasteiger partial charge on any atom is -0.508 e. The number of fused-ring (bicyclic) bond motifs is 1. The van der Waals surface area contributed by atoms with E-state index in [9.17, 15) is 9.90 Å². The third-order valence-electron chi connectivity index (χ3n) is 1.94. The van der Waals surface area contributed by atoms with Crippen LogP contribution >= 0.6 is 0 Å². The molecule has 6 heteroatoms. The van der Waals surface area contributed by atoms with Crippen molar-refractivity contribution in [3.05, 3.63) is 33.6 Å². The Bertz CT molecular complexity index is 639. The van der Waals surface area contributed by atoms with Gasteiger partial charge in [-0.15, -0.1) is 0 Å². The van der Waals surface area contributed by atoms with E-state index in [1.807, 2.05) is 0 Å². The number of nitrogens with zero attached hydrogens (tertiary/aromatic N) is 2. The summed E-state index contributed by atoms with van der Waals surface area (Å²) in [6.07, 6.45) is 0. The topological polar surface area (TPSA) is 98.8 Å². The molecule has 0 fully saturated rings. The molecular formula is C9H5N2O4+. The lowest BCUT2D eigenvalue weighted by Crippen LogP contribution is -1.97. The van der Waals surface area contributed by atoms with Crippen LogP contribution in [0, 0.1) is 5.39 Å². The monoisotopic (exact) mass is 205 g/mol. The predicted molar refractivity (Wildman–Crippen MR) is 50.6 cm³/mol. The van der Waals surface area contributed by atoms with Crippen molar-refractivity contribution in [1.82, 2.24) is 0 Å². The summed E-state index contributed by atoms with van der Waals surface area (Å²) in [5.74, 6) is -0.581. The van der Waals surface area contributed by atoms with Crippen LogP contribution in [0.5, 0.6) is 11.5 Å². The number of rotatable bonds is 0. The quantitative estimate of drug-likeness (QED) is 0.503. The summed E-state index contributed by atoms with van der Waals surface area (Å²) in [5.41, 5.74) is -1.52. The molecule has 0 spiro atoms. The van der Waals surface area contributed by atoms with E-state index in [-0.39, 0.29) is 16.7 Å². The van der Waals surface area contributed by atoms with Crippen LogP contribution in [0.15, 0.2) is 27.4 Å². The van der Waals surface area contributed by atoms with Gasteiger partial charge >= 0.3 is 11.3 Å². The Kier molecular flexibility index (Phi) is 1.80. The highest BCUT2D eigenvalue weighted by Crippen LogP contribution is 2.32. The molecule has 0 amide bonds. The molecule has 2 N–H and O–H groups in total. The molecular weight excluding hydrogens is 200 g/mol. The van der Waals surface area contributed by atoms with Crippen molar-refractivity contribution in [2.45, 2.75) is 0 Å². The van der Waals surface area contributed by atoms with E-state index < -0.39 is 17.1 Å². The molecule has 1 heterocycles. The summed E-state index contributed by atoms with van der Waals surface area (Å²) in [7, 11) is 0. The standard InChI is InChI=1S/C9H4N2O4/c10-11-7-8(13)5-2-1-4(12)3-6(5)15-9(7)14/h1-3H,(H-,12,13,14)/p+1. The smallest absolute Gasteiger partial charge is 0.508 e. The number of diazo groups is 1. The van der Waals surface area contributed by atoms with E-state index in [4.69, 9.17) is 14.9 Å². The first-order chi connectivity index (χ1) is 7.13. The minimum absolute atomic E-state index is 0.0184. The van der Waals surface area contributed by atoms with E-state index in [0.717, 1.165) is 0 Å². The first-order valence-corrected chi connectivity index (χ1v) is 3.97. The first kappa shape index (κ1) is 9.02. The van der Waals surface area contributed by atoms with Crippen molar-refractivity contribution in [1.29, 1.82) is 5.39 Å². The van der Waals surface area contributed by atoms with Gasteiger partial charge in [-0.1, -0.05) is 0 Å². The maximum absolute atomic E-state index is 11.1. The molecule has 0 saturated carbocycles. The van der Waals surface area contributed by atoms with Crippen molar-refractivity contribution in [3.63, 3.8) is 0 Å². The highest BCUT2D eigenvalue weighted by molar-refractivity contribution is 5.88. The molecule has 0 aliphatic heterocycles. The van der Waals surface area contributed by atoms with Gasteiger partial charge in [-0.2, -0.15) is 0 Å². The lowest BCUT2D eigenvalue weighted by molar-refractivity contribution is 0.466. The van der Waals surface area contributed by atoms with Crippen LogP contribution in [0.1, 0.15) is 0 Å². The lowest BCUT2D eigenvalue weighted by Gasteiger charge is -1.96. The second-order valence-electron chi connectivity index (χ2n) is 2.87. The van der Waals surface area contributed by atoms with E-state index in [0.29, 0.717) is 0 Å². The molecule has 74 valence electrons. The van der Waals surface area contributed by atoms with E-state index in [2.05, 4.69) is 4.98 Å². The van der Waals surface area contributed by atoms with Gasteiger partial charge < -0.3 is 14.6 Å². The Morgan fingerprint density at radius 2 is 2.07 bits per heavy atom. The summed E-state index contributed by atoms with van der Waals surface area (Å²) >= 11 is 0. The van der Waals surface area contributed by atoms with E-state index in [1.54, 1.807) is 0 Å². The molecule has 0 aliphatic carbocycles. The van der Waals surface area contributed by atoms with Gasteiger partial charge in [0.05, 0.1) is 5.39 Å². The Labute approximate surface area is 82.6 Å². The highest BCUT2D eigenvalue weighted by Gasteiger charge is 2.24. The average Bonchev–Trinajstić information content (AvgIpc) is 2.17. The number of phenolic OH excluding ortho intramolecular Hbond substituents is 1. The van der Waals surface area contributed by atoms with Gasteiger partial charge in [-0.25, -0.2) is 4.79 Å². The summed E-state index contributed by atoms with van der Waals surface area (Å²) < 4.78 is 4.72. The number of hydrogen-bond acceptors (Lipinski definition) is 5. The van der Waals surface area contributed by atoms with Crippen LogP contribution in [0.3, 0.4) is 0 Å². The second-order valence-corrected chi connectivity index (χ2v) is 2.87. The summed E-state index contributed by atoms with van der Waals surface area (Å²) in [4.78, 5) is 13.8.